The van der Waals surface area contributed by atoms with E-state index in [2.05, 4.69) is 5.32 Å². The number of hydrogen-bond acceptors (Lipinski definition) is 5. The molecule has 1 aliphatic heterocycles. The standard InChI is InChI=1S/C27H21Cl3N2O5/c1-3-36-24-11-16(5-9-23(24)37-14-17-6-8-18(28)12-21(17)30)10-20-25(33)31-27(35)32(26(20)34)22-13-19(29)7-4-15(22)2/h4-13H,3,14H2,1-2H3,(H,31,33,35)/b20-10+. The number of ether oxygens (including phenoxy) is 2. The highest BCUT2D eigenvalue weighted by Gasteiger charge is 2.37. The van der Waals surface area contributed by atoms with E-state index in [0.29, 0.717) is 44.3 Å². The topological polar surface area (TPSA) is 84.9 Å². The largest absolute Gasteiger partial charge is 0.490 e. The second-order valence-corrected chi connectivity index (χ2v) is 9.33. The molecular formula is C27H21Cl3N2O5. The molecule has 1 N–H and O–H groups in total. The van der Waals surface area contributed by atoms with Crippen molar-refractivity contribution >= 4 is 64.4 Å². The van der Waals surface area contributed by atoms with Gasteiger partial charge in [0, 0.05) is 20.6 Å². The Morgan fingerprint density at radius 2 is 1.62 bits per heavy atom. The van der Waals surface area contributed by atoms with Gasteiger partial charge >= 0.3 is 6.03 Å². The van der Waals surface area contributed by atoms with Crippen LogP contribution < -0.4 is 19.7 Å². The summed E-state index contributed by atoms with van der Waals surface area (Å²) in [5.74, 6) is -0.721. The smallest absolute Gasteiger partial charge is 0.335 e. The van der Waals surface area contributed by atoms with Gasteiger partial charge in [0.05, 0.1) is 12.3 Å². The lowest BCUT2D eigenvalue weighted by molar-refractivity contribution is -0.122. The molecule has 1 aliphatic rings. The van der Waals surface area contributed by atoms with Crippen LogP contribution in [-0.2, 0) is 16.2 Å². The number of halogens is 3. The number of carbonyl (C=O) groups excluding carboxylic acids is 3. The Morgan fingerprint density at radius 1 is 0.892 bits per heavy atom. The summed E-state index contributed by atoms with van der Waals surface area (Å²) < 4.78 is 11.6. The molecule has 37 heavy (non-hydrogen) atoms. The Balaban J connectivity index is 1.63. The number of carbonyl (C=O) groups is 3. The van der Waals surface area contributed by atoms with Crippen LogP contribution >= 0.6 is 34.8 Å². The SMILES string of the molecule is CCOc1cc(/C=C2\C(=O)NC(=O)N(c3cc(Cl)ccc3C)C2=O)ccc1OCc1ccc(Cl)cc1Cl. The van der Waals surface area contributed by atoms with E-state index >= 15 is 0 Å². The van der Waals surface area contributed by atoms with Crippen LogP contribution in [0.5, 0.6) is 11.5 Å². The average Bonchev–Trinajstić information content (AvgIpc) is 2.84. The Morgan fingerprint density at radius 3 is 2.35 bits per heavy atom. The highest BCUT2D eigenvalue weighted by Crippen LogP contribution is 2.32. The lowest BCUT2D eigenvalue weighted by Crippen LogP contribution is -2.54. The van der Waals surface area contributed by atoms with Crippen molar-refractivity contribution < 1.29 is 23.9 Å². The van der Waals surface area contributed by atoms with E-state index in [1.54, 1.807) is 55.5 Å². The Labute approximate surface area is 228 Å². The van der Waals surface area contributed by atoms with Gasteiger partial charge in [0.25, 0.3) is 11.8 Å². The number of urea groups is 1. The van der Waals surface area contributed by atoms with Crippen LogP contribution in [0.2, 0.25) is 15.1 Å². The summed E-state index contributed by atoms with van der Waals surface area (Å²) in [5, 5.41) is 3.56. The van der Waals surface area contributed by atoms with E-state index in [1.807, 2.05) is 6.92 Å². The molecule has 0 saturated carbocycles. The van der Waals surface area contributed by atoms with Crippen LogP contribution in [0.4, 0.5) is 10.5 Å². The molecule has 0 unspecified atom stereocenters. The van der Waals surface area contributed by atoms with E-state index in [9.17, 15) is 14.4 Å². The summed E-state index contributed by atoms with van der Waals surface area (Å²) in [7, 11) is 0. The normalized spacial score (nSPS) is 14.7. The molecule has 3 aromatic carbocycles. The van der Waals surface area contributed by atoms with E-state index in [4.69, 9.17) is 44.3 Å². The van der Waals surface area contributed by atoms with Crippen molar-refractivity contribution in [1.29, 1.82) is 0 Å². The van der Waals surface area contributed by atoms with Gasteiger partial charge in [0.2, 0.25) is 0 Å². The van der Waals surface area contributed by atoms with Crippen LogP contribution in [-0.4, -0.2) is 24.5 Å². The Kier molecular flexibility index (Phi) is 8.07. The number of barbiturate groups is 1. The number of hydrogen-bond donors (Lipinski definition) is 1. The number of imide groups is 2. The highest BCUT2D eigenvalue weighted by atomic mass is 35.5. The maximum atomic E-state index is 13.3. The molecular weight excluding hydrogens is 539 g/mol. The third-order valence-electron chi connectivity index (χ3n) is 5.49. The molecule has 0 bridgehead atoms. The molecule has 4 rings (SSSR count). The summed E-state index contributed by atoms with van der Waals surface area (Å²) in [6.07, 6.45) is 1.39. The molecule has 190 valence electrons. The summed E-state index contributed by atoms with van der Waals surface area (Å²) in [6, 6.07) is 14.1. The molecule has 7 nitrogen and oxygen atoms in total. The van der Waals surface area contributed by atoms with E-state index in [0.717, 1.165) is 10.5 Å². The number of rotatable bonds is 7. The number of nitrogens with zero attached hydrogens (tertiary/aromatic N) is 1. The monoisotopic (exact) mass is 558 g/mol. The molecule has 1 saturated heterocycles. The lowest BCUT2D eigenvalue weighted by atomic mass is 10.1. The van der Waals surface area contributed by atoms with Crippen molar-refractivity contribution in [3.63, 3.8) is 0 Å². The summed E-state index contributed by atoms with van der Waals surface area (Å²) in [6.45, 7) is 4.08. The first-order valence-electron chi connectivity index (χ1n) is 11.2. The van der Waals surface area contributed by atoms with Crippen molar-refractivity contribution in [1.82, 2.24) is 5.32 Å². The van der Waals surface area contributed by atoms with E-state index in [-0.39, 0.29) is 17.9 Å². The minimum absolute atomic E-state index is 0.174. The number of benzene rings is 3. The van der Waals surface area contributed by atoms with Gasteiger partial charge in [0.15, 0.2) is 11.5 Å². The molecule has 0 atom stereocenters. The third kappa shape index (κ3) is 5.91. The minimum Gasteiger partial charge on any atom is -0.490 e. The summed E-state index contributed by atoms with van der Waals surface area (Å²) >= 11 is 18.3. The zero-order chi connectivity index (χ0) is 26.7. The molecule has 1 fully saturated rings. The van der Waals surface area contributed by atoms with Gasteiger partial charge in [-0.2, -0.15) is 0 Å². The number of nitrogens with one attached hydrogen (secondary N) is 1. The van der Waals surface area contributed by atoms with Gasteiger partial charge in [-0.05, 0) is 67.4 Å². The second-order valence-electron chi connectivity index (χ2n) is 8.05. The number of amides is 4. The number of aryl methyl sites for hydroxylation is 1. The van der Waals surface area contributed by atoms with Crippen molar-refractivity contribution in [3.05, 3.63) is 91.9 Å². The van der Waals surface area contributed by atoms with Crippen molar-refractivity contribution in [2.24, 2.45) is 0 Å². The van der Waals surface area contributed by atoms with E-state index in [1.165, 1.54) is 12.1 Å². The van der Waals surface area contributed by atoms with Gasteiger partial charge < -0.3 is 9.47 Å². The predicted molar refractivity (Wildman–Crippen MR) is 144 cm³/mol. The zero-order valence-corrected chi connectivity index (χ0v) is 22.1. The van der Waals surface area contributed by atoms with Gasteiger partial charge in [-0.3, -0.25) is 14.9 Å². The summed E-state index contributed by atoms with van der Waals surface area (Å²) in [4.78, 5) is 39.3. The van der Waals surface area contributed by atoms with Crippen LogP contribution in [0, 0.1) is 6.92 Å². The van der Waals surface area contributed by atoms with Crippen molar-refractivity contribution in [2.75, 3.05) is 11.5 Å². The molecule has 3 aromatic rings. The fraction of sp³-hybridized carbons (Fsp3) is 0.148. The van der Waals surface area contributed by atoms with Gasteiger partial charge in [-0.15, -0.1) is 0 Å². The third-order valence-corrected chi connectivity index (χ3v) is 6.31. The fourth-order valence-corrected chi connectivity index (χ4v) is 4.29. The average molecular weight is 560 g/mol. The predicted octanol–water partition coefficient (Wildman–Crippen LogP) is 6.60. The molecule has 0 aromatic heterocycles. The van der Waals surface area contributed by atoms with Gasteiger partial charge in [-0.1, -0.05) is 53.0 Å². The maximum Gasteiger partial charge on any atom is 0.335 e. The Bertz CT molecular complexity index is 1440. The Hall–Kier alpha value is -3.52. The highest BCUT2D eigenvalue weighted by molar-refractivity contribution is 6.39. The van der Waals surface area contributed by atoms with Gasteiger partial charge in [-0.25, -0.2) is 9.69 Å². The van der Waals surface area contributed by atoms with Crippen LogP contribution in [0.15, 0.2) is 60.2 Å². The summed E-state index contributed by atoms with van der Waals surface area (Å²) in [5.41, 5.74) is 1.94. The molecule has 0 aliphatic carbocycles. The first kappa shape index (κ1) is 26.5. The van der Waals surface area contributed by atoms with Crippen molar-refractivity contribution in [2.45, 2.75) is 20.5 Å². The number of anilines is 1. The maximum absolute atomic E-state index is 13.3. The first-order chi connectivity index (χ1) is 17.7. The first-order valence-corrected chi connectivity index (χ1v) is 12.3. The lowest BCUT2D eigenvalue weighted by Gasteiger charge is -2.27. The van der Waals surface area contributed by atoms with Gasteiger partial charge in [0.1, 0.15) is 12.2 Å². The van der Waals surface area contributed by atoms with Crippen LogP contribution in [0.1, 0.15) is 23.6 Å². The van der Waals surface area contributed by atoms with E-state index < -0.39 is 17.8 Å². The molecule has 1 heterocycles. The zero-order valence-electron chi connectivity index (χ0n) is 19.8. The molecule has 0 spiro atoms. The molecule has 0 radical (unpaired) electrons. The molecule has 10 heteroatoms. The molecule has 4 amide bonds. The fourth-order valence-electron chi connectivity index (χ4n) is 3.66. The van der Waals surface area contributed by atoms with Crippen molar-refractivity contribution in [3.8, 4) is 11.5 Å². The second kappa shape index (κ2) is 11.3. The quantitative estimate of drug-likeness (QED) is 0.260. The van der Waals surface area contributed by atoms with Crippen LogP contribution in [0.3, 0.4) is 0 Å². The van der Waals surface area contributed by atoms with Crippen LogP contribution in [0.25, 0.3) is 6.08 Å². The minimum atomic E-state index is -0.850.